The Kier molecular flexibility index (Phi) is 6.56. The van der Waals surface area contributed by atoms with Gasteiger partial charge in [0.15, 0.2) is 0 Å². The molecule has 0 radical (unpaired) electrons. The van der Waals surface area contributed by atoms with Crippen molar-refractivity contribution in [2.45, 2.75) is 35.7 Å². The molecule has 3 aromatic carbocycles. The van der Waals surface area contributed by atoms with Crippen LogP contribution in [0.2, 0.25) is 0 Å². The molecule has 0 aromatic heterocycles. The molecule has 0 saturated heterocycles. The molecule has 174 valence electrons. The van der Waals surface area contributed by atoms with Gasteiger partial charge in [0.2, 0.25) is 9.84 Å². The van der Waals surface area contributed by atoms with Gasteiger partial charge in [-0.2, -0.15) is 0 Å². The second kappa shape index (κ2) is 9.25. The van der Waals surface area contributed by atoms with Gasteiger partial charge in [0, 0.05) is 13.1 Å². The monoisotopic (exact) mass is 469 g/mol. The van der Waals surface area contributed by atoms with Crippen molar-refractivity contribution in [3.63, 3.8) is 0 Å². The molecule has 1 heterocycles. The number of likely N-dealkylation sites (N-methyl/N-ethyl adjacent to an activating group) is 1. The molecule has 1 aliphatic heterocycles. The summed E-state index contributed by atoms with van der Waals surface area (Å²) in [5.41, 5.74) is 3.51. The minimum absolute atomic E-state index is 0.109. The predicted molar refractivity (Wildman–Crippen MR) is 125 cm³/mol. The summed E-state index contributed by atoms with van der Waals surface area (Å²) in [6.07, 6.45) is 0.557. The largest absolute Gasteiger partial charge is 0.495 e. The van der Waals surface area contributed by atoms with E-state index in [4.69, 9.17) is 4.74 Å². The van der Waals surface area contributed by atoms with E-state index in [1.54, 1.807) is 37.3 Å². The number of nitrogens with zero attached hydrogens (tertiary/aromatic N) is 1. The summed E-state index contributed by atoms with van der Waals surface area (Å²) in [5.74, 6) is -0.0650. The molecular formula is C26H28FNO4S. The lowest BCUT2D eigenvalue weighted by atomic mass is 10.0. The summed E-state index contributed by atoms with van der Waals surface area (Å²) in [6, 6.07) is 14.2. The third-order valence-corrected chi connectivity index (χ3v) is 8.11. The molecule has 1 aliphatic rings. The number of hydrogen-bond acceptors (Lipinski definition) is 5. The van der Waals surface area contributed by atoms with Crippen LogP contribution in [0.5, 0.6) is 5.75 Å². The van der Waals surface area contributed by atoms with Crippen molar-refractivity contribution in [1.29, 1.82) is 0 Å². The number of fused-ring (bicyclic) bond motifs is 1. The molecule has 0 amide bonds. The zero-order valence-electron chi connectivity index (χ0n) is 19.0. The van der Waals surface area contributed by atoms with Gasteiger partial charge in [-0.15, -0.1) is 0 Å². The molecule has 4 rings (SSSR count). The summed E-state index contributed by atoms with van der Waals surface area (Å²) in [6.45, 7) is 3.43. The van der Waals surface area contributed by atoms with Gasteiger partial charge < -0.3 is 14.7 Å². The molecule has 0 aliphatic carbocycles. The molecule has 0 saturated carbocycles. The average molecular weight is 470 g/mol. The Morgan fingerprint density at radius 1 is 0.970 bits per heavy atom. The molecule has 1 atom stereocenters. The van der Waals surface area contributed by atoms with Gasteiger partial charge in [-0.25, -0.2) is 12.8 Å². The second-order valence-electron chi connectivity index (χ2n) is 8.56. The van der Waals surface area contributed by atoms with E-state index in [0.717, 1.165) is 37.1 Å². The fraction of sp³-hybridized carbons (Fsp3) is 0.308. The van der Waals surface area contributed by atoms with E-state index in [1.165, 1.54) is 25.3 Å². The Labute approximate surface area is 194 Å². The van der Waals surface area contributed by atoms with Crippen molar-refractivity contribution in [2.24, 2.45) is 0 Å². The Morgan fingerprint density at radius 3 is 2.18 bits per heavy atom. The van der Waals surface area contributed by atoms with Crippen molar-refractivity contribution in [2.75, 3.05) is 27.2 Å². The van der Waals surface area contributed by atoms with Gasteiger partial charge in [-0.1, -0.05) is 24.3 Å². The normalized spacial score (nSPS) is 15.5. The maximum Gasteiger partial charge on any atom is 0.210 e. The summed E-state index contributed by atoms with van der Waals surface area (Å²) < 4.78 is 46.3. The van der Waals surface area contributed by atoms with Crippen molar-refractivity contribution in [3.05, 3.63) is 88.2 Å². The molecular weight excluding hydrogens is 441 g/mol. The number of hydrogen-bond donors (Lipinski definition) is 1. The van der Waals surface area contributed by atoms with Crippen LogP contribution in [0.25, 0.3) is 0 Å². The van der Waals surface area contributed by atoms with Crippen molar-refractivity contribution in [3.8, 4) is 5.75 Å². The highest BCUT2D eigenvalue weighted by Crippen LogP contribution is 2.34. The highest BCUT2D eigenvalue weighted by molar-refractivity contribution is 7.91. The van der Waals surface area contributed by atoms with Gasteiger partial charge in [0.25, 0.3) is 0 Å². The minimum Gasteiger partial charge on any atom is -0.495 e. The third-order valence-electron chi connectivity index (χ3n) is 6.32. The molecule has 0 fully saturated rings. The van der Waals surface area contributed by atoms with E-state index in [0.29, 0.717) is 22.4 Å². The maximum atomic E-state index is 13.9. The van der Waals surface area contributed by atoms with Gasteiger partial charge in [0.1, 0.15) is 22.6 Å². The summed E-state index contributed by atoms with van der Waals surface area (Å²) in [4.78, 5) is 2.48. The van der Waals surface area contributed by atoms with Crippen molar-refractivity contribution < 1.29 is 22.7 Å². The zero-order valence-corrected chi connectivity index (χ0v) is 19.8. The van der Waals surface area contributed by atoms with E-state index in [1.807, 2.05) is 6.07 Å². The highest BCUT2D eigenvalue weighted by Gasteiger charge is 2.26. The maximum absolute atomic E-state index is 13.9. The first-order valence-corrected chi connectivity index (χ1v) is 12.4. The molecule has 1 unspecified atom stereocenters. The molecule has 5 nitrogen and oxygen atoms in total. The van der Waals surface area contributed by atoms with Crippen LogP contribution < -0.4 is 4.74 Å². The van der Waals surface area contributed by atoms with Crippen LogP contribution in [0.3, 0.4) is 0 Å². The number of aliphatic hydroxyl groups is 1. The Balaban J connectivity index is 1.67. The van der Waals surface area contributed by atoms with Crippen LogP contribution in [0.4, 0.5) is 4.39 Å². The van der Waals surface area contributed by atoms with Crippen LogP contribution in [0.15, 0.2) is 64.4 Å². The zero-order chi connectivity index (χ0) is 23.8. The summed E-state index contributed by atoms with van der Waals surface area (Å²) in [5, 5.41) is 10.6. The number of methoxy groups -OCH3 is 1. The van der Waals surface area contributed by atoms with Crippen LogP contribution in [-0.2, 0) is 22.7 Å². The molecule has 33 heavy (non-hydrogen) atoms. The topological polar surface area (TPSA) is 66.8 Å². The molecule has 1 N–H and O–H groups in total. The summed E-state index contributed by atoms with van der Waals surface area (Å²) >= 11 is 0. The smallest absolute Gasteiger partial charge is 0.210 e. The number of sulfone groups is 1. The number of rotatable bonds is 5. The lowest BCUT2D eigenvalue weighted by Gasteiger charge is -2.16. The van der Waals surface area contributed by atoms with Gasteiger partial charge >= 0.3 is 0 Å². The number of ether oxygens (including phenoxy) is 1. The molecule has 7 heteroatoms. The Bertz CT molecular complexity index is 1270. The first kappa shape index (κ1) is 23.4. The van der Waals surface area contributed by atoms with Crippen LogP contribution in [0.1, 0.15) is 33.9 Å². The standard InChI is InChI=1S/C26H28FNO4S/c1-17-4-5-21(14-23(17)27)26(29)18-6-8-22(9-7-18)33(30,31)25-16-20-11-13-28(2)12-10-19(20)15-24(25)32-3/h4-9,14-16,26,29H,10-13H2,1-3H3. The fourth-order valence-electron chi connectivity index (χ4n) is 4.14. The first-order valence-electron chi connectivity index (χ1n) is 10.9. The summed E-state index contributed by atoms with van der Waals surface area (Å²) in [7, 11) is -0.307. The highest BCUT2D eigenvalue weighted by atomic mass is 32.2. The number of halogens is 1. The lowest BCUT2D eigenvalue weighted by Crippen LogP contribution is -2.20. The number of aryl methyl sites for hydroxylation is 1. The minimum atomic E-state index is -3.84. The quantitative estimate of drug-likeness (QED) is 0.610. The van der Waals surface area contributed by atoms with Crippen LogP contribution in [-0.4, -0.2) is 45.7 Å². The number of aliphatic hydroxyl groups excluding tert-OH is 1. The first-order chi connectivity index (χ1) is 15.7. The van der Waals surface area contributed by atoms with E-state index >= 15 is 0 Å². The van der Waals surface area contributed by atoms with Crippen molar-refractivity contribution >= 4 is 9.84 Å². The Hall–Kier alpha value is -2.74. The number of benzene rings is 3. The SMILES string of the molecule is COc1cc2c(cc1S(=O)(=O)c1ccc(C(O)c3ccc(C)c(F)c3)cc1)CCN(C)CC2. The fourth-order valence-corrected chi connectivity index (χ4v) is 5.59. The molecule has 3 aromatic rings. The van der Waals surface area contributed by atoms with E-state index in [2.05, 4.69) is 11.9 Å². The lowest BCUT2D eigenvalue weighted by molar-refractivity contribution is 0.219. The van der Waals surface area contributed by atoms with E-state index < -0.39 is 21.8 Å². The molecule has 0 spiro atoms. The Morgan fingerprint density at radius 2 is 1.58 bits per heavy atom. The third kappa shape index (κ3) is 4.67. The predicted octanol–water partition coefficient (Wildman–Crippen LogP) is 4.09. The van der Waals surface area contributed by atoms with Crippen LogP contribution >= 0.6 is 0 Å². The molecule has 0 bridgehead atoms. The van der Waals surface area contributed by atoms with Crippen LogP contribution in [0, 0.1) is 12.7 Å². The van der Waals surface area contributed by atoms with E-state index in [9.17, 15) is 17.9 Å². The van der Waals surface area contributed by atoms with Gasteiger partial charge in [-0.3, -0.25) is 0 Å². The van der Waals surface area contributed by atoms with E-state index in [-0.39, 0.29) is 9.79 Å². The second-order valence-corrected chi connectivity index (χ2v) is 10.5. The van der Waals surface area contributed by atoms with Gasteiger partial charge in [-0.05, 0) is 85.0 Å². The van der Waals surface area contributed by atoms with Crippen molar-refractivity contribution in [1.82, 2.24) is 4.90 Å². The average Bonchev–Trinajstić information content (AvgIpc) is 3.00. The van der Waals surface area contributed by atoms with Gasteiger partial charge in [0.05, 0.1) is 12.0 Å².